The number of benzene rings is 2. The summed E-state index contributed by atoms with van der Waals surface area (Å²) in [4.78, 5) is 11.8. The Morgan fingerprint density at radius 2 is 1.46 bits per heavy atom. The maximum absolute atomic E-state index is 11.8. The van der Waals surface area contributed by atoms with Crippen molar-refractivity contribution in [1.29, 1.82) is 0 Å². The molecule has 3 rings (SSSR count). The predicted molar refractivity (Wildman–Crippen MR) is 107 cm³/mol. The minimum absolute atomic E-state index is 0.124. The van der Waals surface area contributed by atoms with Crippen molar-refractivity contribution in [2.45, 2.75) is 51.2 Å². The summed E-state index contributed by atoms with van der Waals surface area (Å²) in [7, 11) is -2.67. The minimum Gasteiger partial charge on any atom is -0.481 e. The summed E-state index contributed by atoms with van der Waals surface area (Å²) in [5.41, 5.74) is 0. The molecule has 1 aliphatic rings. The molecular weight excluding hydrogens is 340 g/mol. The van der Waals surface area contributed by atoms with Gasteiger partial charge in [0, 0.05) is 0 Å². The molecular formula is C22H28O3Si. The van der Waals surface area contributed by atoms with Crippen LogP contribution in [0.3, 0.4) is 0 Å². The molecule has 26 heavy (non-hydrogen) atoms. The van der Waals surface area contributed by atoms with Crippen LogP contribution in [0.15, 0.2) is 60.7 Å². The molecule has 0 unspecified atom stereocenters. The number of hydrogen-bond acceptors (Lipinski definition) is 2. The predicted octanol–water partition coefficient (Wildman–Crippen LogP) is 3.82. The lowest BCUT2D eigenvalue weighted by atomic mass is 10.1. The summed E-state index contributed by atoms with van der Waals surface area (Å²) in [6.07, 6.45) is 2.22. The quantitative estimate of drug-likeness (QED) is 0.816. The fourth-order valence-corrected chi connectivity index (χ4v) is 9.02. The van der Waals surface area contributed by atoms with E-state index in [4.69, 9.17) is 4.43 Å². The third-order valence-corrected chi connectivity index (χ3v) is 10.6. The highest BCUT2D eigenvalue weighted by Gasteiger charge is 2.53. The third-order valence-electron chi connectivity index (χ3n) is 5.51. The van der Waals surface area contributed by atoms with Crippen LogP contribution in [-0.2, 0) is 9.22 Å². The molecule has 1 saturated carbocycles. The van der Waals surface area contributed by atoms with Gasteiger partial charge in [0.1, 0.15) is 0 Å². The van der Waals surface area contributed by atoms with E-state index in [1.54, 1.807) is 0 Å². The molecule has 2 atom stereocenters. The fourth-order valence-electron chi connectivity index (χ4n) is 4.27. The van der Waals surface area contributed by atoms with E-state index < -0.39 is 20.2 Å². The van der Waals surface area contributed by atoms with E-state index >= 15 is 0 Å². The Hall–Kier alpha value is -1.91. The van der Waals surface area contributed by atoms with Crippen LogP contribution in [0.2, 0.25) is 5.04 Å². The molecule has 138 valence electrons. The summed E-state index contributed by atoms with van der Waals surface area (Å²) < 4.78 is 6.97. The van der Waals surface area contributed by atoms with Crippen LogP contribution in [0.25, 0.3) is 0 Å². The van der Waals surface area contributed by atoms with Crippen molar-refractivity contribution in [2.24, 2.45) is 5.92 Å². The highest BCUT2D eigenvalue weighted by molar-refractivity contribution is 6.99. The zero-order valence-electron chi connectivity index (χ0n) is 15.8. The second-order valence-corrected chi connectivity index (χ2v) is 12.4. The van der Waals surface area contributed by atoms with Crippen molar-refractivity contribution in [2.75, 3.05) is 0 Å². The zero-order valence-corrected chi connectivity index (χ0v) is 16.8. The van der Waals surface area contributed by atoms with Crippen molar-refractivity contribution in [3.05, 3.63) is 60.7 Å². The Kier molecular flexibility index (Phi) is 5.35. The second kappa shape index (κ2) is 7.37. The van der Waals surface area contributed by atoms with Crippen LogP contribution in [0, 0.1) is 5.92 Å². The van der Waals surface area contributed by atoms with Gasteiger partial charge in [-0.2, -0.15) is 0 Å². The van der Waals surface area contributed by atoms with Crippen molar-refractivity contribution in [1.82, 2.24) is 0 Å². The van der Waals surface area contributed by atoms with Crippen molar-refractivity contribution in [3.8, 4) is 0 Å². The summed E-state index contributed by atoms with van der Waals surface area (Å²) in [6.45, 7) is 6.68. The first-order chi connectivity index (χ1) is 12.4. The Morgan fingerprint density at radius 3 is 1.88 bits per heavy atom. The van der Waals surface area contributed by atoms with Gasteiger partial charge in [0.2, 0.25) is 0 Å². The van der Waals surface area contributed by atoms with Crippen LogP contribution >= 0.6 is 0 Å². The molecule has 0 aliphatic heterocycles. The van der Waals surface area contributed by atoms with Gasteiger partial charge in [-0.05, 0) is 34.7 Å². The number of carboxylic acid groups (broad SMARTS) is 1. The minimum atomic E-state index is -2.67. The van der Waals surface area contributed by atoms with E-state index in [9.17, 15) is 9.90 Å². The van der Waals surface area contributed by atoms with Crippen molar-refractivity contribution < 1.29 is 14.3 Å². The van der Waals surface area contributed by atoms with Gasteiger partial charge in [-0.25, -0.2) is 0 Å². The summed E-state index contributed by atoms with van der Waals surface area (Å²) in [5.74, 6) is -1.14. The molecule has 0 bridgehead atoms. The molecule has 2 aromatic rings. The number of aliphatic carboxylic acids is 1. The lowest BCUT2D eigenvalue weighted by Gasteiger charge is -2.45. The fraction of sp³-hybridized carbons (Fsp3) is 0.409. The molecule has 2 aromatic carbocycles. The molecule has 0 heterocycles. The highest BCUT2D eigenvalue weighted by Crippen LogP contribution is 2.40. The van der Waals surface area contributed by atoms with Crippen molar-refractivity contribution in [3.63, 3.8) is 0 Å². The molecule has 1 fully saturated rings. The van der Waals surface area contributed by atoms with Gasteiger partial charge in [0.05, 0.1) is 12.0 Å². The number of carbonyl (C=O) groups is 1. The lowest BCUT2D eigenvalue weighted by Crippen LogP contribution is -2.68. The number of rotatable bonds is 5. The zero-order chi connectivity index (χ0) is 18.8. The Bertz CT molecular complexity index is 697. The van der Waals surface area contributed by atoms with E-state index in [-0.39, 0.29) is 11.1 Å². The van der Waals surface area contributed by atoms with Gasteiger partial charge < -0.3 is 9.53 Å². The van der Waals surface area contributed by atoms with E-state index in [1.165, 1.54) is 10.4 Å². The molecule has 0 aromatic heterocycles. The maximum atomic E-state index is 11.8. The van der Waals surface area contributed by atoms with Gasteiger partial charge in [0.25, 0.3) is 8.32 Å². The molecule has 1 aliphatic carbocycles. The van der Waals surface area contributed by atoms with Gasteiger partial charge in [-0.1, -0.05) is 81.4 Å². The van der Waals surface area contributed by atoms with Crippen LogP contribution in [0.5, 0.6) is 0 Å². The molecule has 0 amide bonds. The van der Waals surface area contributed by atoms with E-state index in [0.717, 1.165) is 12.8 Å². The van der Waals surface area contributed by atoms with E-state index in [2.05, 4.69) is 69.3 Å². The average molecular weight is 369 g/mol. The second-order valence-electron chi connectivity index (χ2n) is 8.20. The van der Waals surface area contributed by atoms with Crippen LogP contribution in [0.4, 0.5) is 0 Å². The van der Waals surface area contributed by atoms with Crippen LogP contribution < -0.4 is 10.4 Å². The number of hydrogen-bond donors (Lipinski definition) is 1. The molecule has 0 radical (unpaired) electrons. The van der Waals surface area contributed by atoms with Gasteiger partial charge in [-0.3, -0.25) is 4.79 Å². The van der Waals surface area contributed by atoms with Gasteiger partial charge in [-0.15, -0.1) is 0 Å². The van der Waals surface area contributed by atoms with Crippen LogP contribution in [-0.4, -0.2) is 25.5 Å². The van der Waals surface area contributed by atoms with Crippen LogP contribution in [0.1, 0.15) is 40.0 Å². The summed E-state index contributed by atoms with van der Waals surface area (Å²) in [5, 5.41) is 11.9. The summed E-state index contributed by atoms with van der Waals surface area (Å²) >= 11 is 0. The molecule has 1 N–H and O–H groups in total. The monoisotopic (exact) mass is 368 g/mol. The standard InChI is InChI=1S/C22H28O3Si/c1-22(2,3)26(17-11-6-4-7-12-17,18-13-8-5-9-14-18)25-20-16-10-15-19(20)21(23)24/h4-9,11-14,19-20H,10,15-16H2,1-3H3,(H,23,24)/t19-,20-/m1/s1. The van der Waals surface area contributed by atoms with E-state index in [1.807, 2.05) is 12.1 Å². The Balaban J connectivity index is 2.16. The smallest absolute Gasteiger partial charge is 0.309 e. The Labute approximate surface area is 157 Å². The molecule has 0 saturated heterocycles. The molecule has 4 heteroatoms. The normalized spacial score (nSPS) is 20.9. The van der Waals surface area contributed by atoms with Gasteiger partial charge >= 0.3 is 5.97 Å². The number of carboxylic acids is 1. The lowest BCUT2D eigenvalue weighted by molar-refractivity contribution is -0.144. The SMILES string of the molecule is CC(C)(C)[Si](O[C@@H]1CCC[C@H]1C(=O)O)(c1ccccc1)c1ccccc1. The topological polar surface area (TPSA) is 46.5 Å². The Morgan fingerprint density at radius 1 is 0.962 bits per heavy atom. The van der Waals surface area contributed by atoms with E-state index in [0.29, 0.717) is 6.42 Å². The molecule has 3 nitrogen and oxygen atoms in total. The average Bonchev–Trinajstić information content (AvgIpc) is 3.08. The first-order valence-corrected chi connectivity index (χ1v) is 11.3. The van der Waals surface area contributed by atoms with Gasteiger partial charge in [0.15, 0.2) is 0 Å². The first-order valence-electron chi connectivity index (χ1n) is 9.38. The highest BCUT2D eigenvalue weighted by atomic mass is 28.4. The first kappa shape index (κ1) is 18.9. The summed E-state index contributed by atoms with van der Waals surface area (Å²) in [6, 6.07) is 20.8. The maximum Gasteiger partial charge on any atom is 0.309 e. The largest absolute Gasteiger partial charge is 0.481 e. The third kappa shape index (κ3) is 3.36. The van der Waals surface area contributed by atoms with Crippen molar-refractivity contribution >= 4 is 24.7 Å². The molecule has 0 spiro atoms.